The van der Waals surface area contributed by atoms with Gasteiger partial charge >= 0.3 is 0 Å². The van der Waals surface area contributed by atoms with Crippen LogP contribution in [-0.4, -0.2) is 13.6 Å². The van der Waals surface area contributed by atoms with Crippen LogP contribution in [0.4, 0.5) is 0 Å². The van der Waals surface area contributed by atoms with Gasteiger partial charge < -0.3 is 5.32 Å². The van der Waals surface area contributed by atoms with Gasteiger partial charge in [0.1, 0.15) is 0 Å². The predicted molar refractivity (Wildman–Crippen MR) is 91.7 cm³/mol. The third-order valence-electron chi connectivity index (χ3n) is 4.18. The number of benzene rings is 2. The molecule has 0 spiro atoms. The van der Waals surface area contributed by atoms with Crippen molar-refractivity contribution >= 4 is 0 Å². The summed E-state index contributed by atoms with van der Waals surface area (Å²) in [6, 6.07) is 19.6. The summed E-state index contributed by atoms with van der Waals surface area (Å²) in [6.07, 6.45) is 4.92. The Balaban J connectivity index is 1.86. The van der Waals surface area contributed by atoms with Gasteiger partial charge in [-0.1, -0.05) is 54.6 Å². The summed E-state index contributed by atoms with van der Waals surface area (Å²) in [5.74, 6) is 0.722. The van der Waals surface area contributed by atoms with Crippen LogP contribution in [0.5, 0.6) is 0 Å². The molecule has 0 heterocycles. The van der Waals surface area contributed by atoms with Crippen molar-refractivity contribution in [3.8, 4) is 0 Å². The molecule has 0 bridgehead atoms. The van der Waals surface area contributed by atoms with Crippen molar-refractivity contribution in [1.29, 1.82) is 0 Å². The van der Waals surface area contributed by atoms with Crippen LogP contribution in [0.2, 0.25) is 0 Å². The van der Waals surface area contributed by atoms with E-state index in [2.05, 4.69) is 73.9 Å². The van der Waals surface area contributed by atoms with Crippen molar-refractivity contribution in [2.75, 3.05) is 13.6 Å². The van der Waals surface area contributed by atoms with Crippen molar-refractivity contribution in [2.24, 2.45) is 5.92 Å². The summed E-state index contributed by atoms with van der Waals surface area (Å²) >= 11 is 0. The average Bonchev–Trinajstić information content (AvgIpc) is 2.51. The van der Waals surface area contributed by atoms with E-state index in [0.717, 1.165) is 12.5 Å². The number of hydrogen-bond acceptors (Lipinski definition) is 1. The Bertz CT molecular complexity index is 518. The van der Waals surface area contributed by atoms with Crippen LogP contribution in [0.3, 0.4) is 0 Å². The first kappa shape index (κ1) is 15.8. The van der Waals surface area contributed by atoms with E-state index < -0.39 is 0 Å². The van der Waals surface area contributed by atoms with Gasteiger partial charge in [0.2, 0.25) is 0 Å². The number of aryl methyl sites for hydroxylation is 2. The summed E-state index contributed by atoms with van der Waals surface area (Å²) in [7, 11) is 2.06. The van der Waals surface area contributed by atoms with Gasteiger partial charge in [-0.05, 0) is 68.8 Å². The van der Waals surface area contributed by atoms with Crippen molar-refractivity contribution in [1.82, 2.24) is 5.32 Å². The highest BCUT2D eigenvalue weighted by atomic mass is 14.8. The van der Waals surface area contributed by atoms with Gasteiger partial charge in [-0.3, -0.25) is 0 Å². The molecule has 2 aromatic rings. The molecule has 1 heteroatoms. The molecule has 1 unspecified atom stereocenters. The third kappa shape index (κ3) is 5.35. The van der Waals surface area contributed by atoms with Gasteiger partial charge in [-0.25, -0.2) is 0 Å². The van der Waals surface area contributed by atoms with E-state index in [0.29, 0.717) is 0 Å². The summed E-state index contributed by atoms with van der Waals surface area (Å²) in [5, 5.41) is 3.36. The lowest BCUT2D eigenvalue weighted by atomic mass is 9.91. The smallest absolute Gasteiger partial charge is 0.00203 e. The lowest BCUT2D eigenvalue weighted by Crippen LogP contribution is -2.21. The lowest BCUT2D eigenvalue weighted by Gasteiger charge is -2.18. The van der Waals surface area contributed by atoms with Crippen LogP contribution in [-0.2, 0) is 12.8 Å². The molecule has 0 aliphatic rings. The molecule has 0 amide bonds. The minimum Gasteiger partial charge on any atom is -0.319 e. The Morgan fingerprint density at radius 2 is 1.67 bits per heavy atom. The highest BCUT2D eigenvalue weighted by Crippen LogP contribution is 2.18. The Morgan fingerprint density at radius 3 is 2.38 bits per heavy atom. The largest absolute Gasteiger partial charge is 0.319 e. The summed E-state index contributed by atoms with van der Waals surface area (Å²) in [5.41, 5.74) is 4.37. The zero-order valence-electron chi connectivity index (χ0n) is 13.3. The minimum absolute atomic E-state index is 0.722. The van der Waals surface area contributed by atoms with Crippen LogP contribution >= 0.6 is 0 Å². The molecule has 0 aliphatic carbocycles. The number of hydrogen-bond donors (Lipinski definition) is 1. The minimum atomic E-state index is 0.722. The molecule has 2 rings (SSSR count). The van der Waals surface area contributed by atoms with Crippen molar-refractivity contribution in [3.63, 3.8) is 0 Å². The van der Waals surface area contributed by atoms with Crippen molar-refractivity contribution in [3.05, 3.63) is 71.3 Å². The molecular formula is C20H27N. The molecule has 1 N–H and O–H groups in total. The first-order valence-electron chi connectivity index (χ1n) is 8.02. The highest BCUT2D eigenvalue weighted by Gasteiger charge is 2.10. The summed E-state index contributed by atoms with van der Waals surface area (Å²) < 4.78 is 0. The predicted octanol–water partition coefficient (Wildman–Crippen LogP) is 4.40. The SMILES string of the molecule is CNCC(CCCc1ccccc1)Cc1ccccc1C. The van der Waals surface area contributed by atoms with E-state index >= 15 is 0 Å². The molecule has 0 saturated heterocycles. The van der Waals surface area contributed by atoms with E-state index in [-0.39, 0.29) is 0 Å². The van der Waals surface area contributed by atoms with Crippen molar-refractivity contribution < 1.29 is 0 Å². The van der Waals surface area contributed by atoms with Gasteiger partial charge in [0.25, 0.3) is 0 Å². The van der Waals surface area contributed by atoms with E-state index in [1.54, 1.807) is 0 Å². The maximum absolute atomic E-state index is 3.36. The molecule has 112 valence electrons. The quantitative estimate of drug-likeness (QED) is 0.756. The zero-order valence-corrected chi connectivity index (χ0v) is 13.3. The Hall–Kier alpha value is -1.60. The normalized spacial score (nSPS) is 12.3. The monoisotopic (exact) mass is 281 g/mol. The van der Waals surface area contributed by atoms with Gasteiger partial charge in [0, 0.05) is 0 Å². The van der Waals surface area contributed by atoms with E-state index in [4.69, 9.17) is 0 Å². The molecule has 2 aromatic carbocycles. The molecule has 21 heavy (non-hydrogen) atoms. The second kappa shape index (κ2) is 8.63. The Kier molecular flexibility index (Phi) is 6.49. The van der Waals surface area contributed by atoms with E-state index in [1.165, 1.54) is 42.4 Å². The second-order valence-corrected chi connectivity index (χ2v) is 5.93. The number of nitrogens with one attached hydrogen (secondary N) is 1. The highest BCUT2D eigenvalue weighted by molar-refractivity contribution is 5.26. The molecule has 0 saturated carbocycles. The van der Waals surface area contributed by atoms with Crippen LogP contribution in [0.15, 0.2) is 54.6 Å². The first-order valence-corrected chi connectivity index (χ1v) is 8.02. The first-order chi connectivity index (χ1) is 10.3. The van der Waals surface area contributed by atoms with Crippen LogP contribution in [0, 0.1) is 12.8 Å². The van der Waals surface area contributed by atoms with Crippen LogP contribution in [0.1, 0.15) is 29.5 Å². The van der Waals surface area contributed by atoms with E-state index in [1.807, 2.05) is 0 Å². The fourth-order valence-electron chi connectivity index (χ4n) is 2.95. The van der Waals surface area contributed by atoms with Crippen LogP contribution in [0.25, 0.3) is 0 Å². The topological polar surface area (TPSA) is 12.0 Å². The molecule has 0 aliphatic heterocycles. The van der Waals surface area contributed by atoms with Gasteiger partial charge in [0.05, 0.1) is 0 Å². The molecule has 0 radical (unpaired) electrons. The Morgan fingerprint density at radius 1 is 0.952 bits per heavy atom. The molecule has 0 fully saturated rings. The summed E-state index contributed by atoms with van der Waals surface area (Å²) in [6.45, 7) is 3.32. The lowest BCUT2D eigenvalue weighted by molar-refractivity contribution is 0.446. The molecular weight excluding hydrogens is 254 g/mol. The average molecular weight is 281 g/mol. The third-order valence-corrected chi connectivity index (χ3v) is 4.18. The maximum Gasteiger partial charge on any atom is -0.00203 e. The maximum atomic E-state index is 3.36. The van der Waals surface area contributed by atoms with Crippen molar-refractivity contribution in [2.45, 2.75) is 32.6 Å². The van der Waals surface area contributed by atoms with Gasteiger partial charge in [-0.2, -0.15) is 0 Å². The van der Waals surface area contributed by atoms with Crippen LogP contribution < -0.4 is 5.32 Å². The molecule has 0 aromatic heterocycles. The standard InChI is InChI=1S/C20H27N/c1-17-9-6-7-14-20(17)15-19(16-21-2)13-8-12-18-10-4-3-5-11-18/h3-7,9-11,14,19,21H,8,12-13,15-16H2,1-2H3. The molecule has 1 nitrogen and oxygen atoms in total. The van der Waals surface area contributed by atoms with Gasteiger partial charge in [0.15, 0.2) is 0 Å². The fourth-order valence-corrected chi connectivity index (χ4v) is 2.95. The number of rotatable bonds is 8. The summed E-state index contributed by atoms with van der Waals surface area (Å²) in [4.78, 5) is 0. The zero-order chi connectivity index (χ0) is 14.9. The van der Waals surface area contributed by atoms with E-state index in [9.17, 15) is 0 Å². The molecule has 1 atom stereocenters. The Labute approximate surface area is 129 Å². The van der Waals surface area contributed by atoms with Gasteiger partial charge in [-0.15, -0.1) is 0 Å². The second-order valence-electron chi connectivity index (χ2n) is 5.93. The fraction of sp³-hybridized carbons (Fsp3) is 0.400.